The van der Waals surface area contributed by atoms with Crippen molar-refractivity contribution in [2.45, 2.75) is 12.8 Å². The molecule has 0 aliphatic heterocycles. The summed E-state index contributed by atoms with van der Waals surface area (Å²) >= 11 is 1.29. The monoisotopic (exact) mass is 316 g/mol. The van der Waals surface area contributed by atoms with Crippen molar-refractivity contribution in [3.05, 3.63) is 45.9 Å². The molecule has 0 aliphatic carbocycles. The number of aromatic nitrogens is 1. The first-order chi connectivity index (χ1) is 9.89. The second-order valence-corrected chi connectivity index (χ2v) is 5.01. The topological polar surface area (TPSA) is 65.2 Å². The summed E-state index contributed by atoms with van der Waals surface area (Å²) < 4.78 is 40.3. The Labute approximate surface area is 122 Å². The van der Waals surface area contributed by atoms with Crippen LogP contribution in [-0.2, 0) is 6.42 Å². The Hall–Kier alpha value is -1.93. The fourth-order valence-corrected chi connectivity index (χ4v) is 2.43. The number of nitrogens with zero attached hydrogens (tertiary/aromatic N) is 1. The number of ether oxygens (including phenoxy) is 1. The Morgan fingerprint density at radius 3 is 2.81 bits per heavy atom. The molecule has 1 aromatic carbocycles. The normalized spacial score (nSPS) is 11.4. The second-order valence-electron chi connectivity index (χ2n) is 4.07. The lowest BCUT2D eigenvalue weighted by Crippen LogP contribution is -2.17. The van der Waals surface area contributed by atoms with Gasteiger partial charge < -0.3 is 10.5 Å². The molecule has 0 fully saturated rings. The highest BCUT2D eigenvalue weighted by molar-refractivity contribution is 7.09. The number of thiazole rings is 1. The summed E-state index contributed by atoms with van der Waals surface area (Å²) in [4.78, 5) is 16.3. The summed E-state index contributed by atoms with van der Waals surface area (Å²) in [6.07, 6.45) is -4.24. The molecule has 0 radical (unpaired) electrons. The third kappa shape index (κ3) is 4.27. The Morgan fingerprint density at radius 2 is 2.14 bits per heavy atom. The van der Waals surface area contributed by atoms with E-state index in [2.05, 4.69) is 9.72 Å². The number of rotatable bonds is 5. The van der Waals surface area contributed by atoms with Crippen LogP contribution in [0, 0.1) is 0 Å². The zero-order valence-electron chi connectivity index (χ0n) is 10.7. The molecular formula is C13H11F3N2O2S. The maximum absolute atomic E-state index is 12.2. The van der Waals surface area contributed by atoms with Crippen LogP contribution < -0.4 is 10.5 Å². The number of nitrogens with two attached hydrogens (primary N) is 1. The first kappa shape index (κ1) is 15.5. The lowest BCUT2D eigenvalue weighted by Gasteiger charge is -2.09. The van der Waals surface area contributed by atoms with Gasteiger partial charge in [0.05, 0.1) is 5.01 Å². The summed E-state index contributed by atoms with van der Waals surface area (Å²) in [5.74, 6) is -0.895. The number of halogens is 3. The Morgan fingerprint density at radius 1 is 1.38 bits per heavy atom. The molecule has 2 rings (SSSR count). The molecule has 0 unspecified atom stereocenters. The second kappa shape index (κ2) is 6.23. The smallest absolute Gasteiger partial charge is 0.406 e. The number of ketones is 1. The van der Waals surface area contributed by atoms with E-state index >= 15 is 0 Å². The first-order valence-corrected chi connectivity index (χ1v) is 6.82. The van der Waals surface area contributed by atoms with Gasteiger partial charge in [-0.05, 0) is 18.7 Å². The van der Waals surface area contributed by atoms with Gasteiger partial charge in [-0.2, -0.15) is 0 Å². The van der Waals surface area contributed by atoms with Crippen molar-refractivity contribution in [2.75, 3.05) is 6.54 Å². The van der Waals surface area contributed by atoms with Crippen LogP contribution in [0.4, 0.5) is 13.2 Å². The Kier molecular flexibility index (Phi) is 4.59. The van der Waals surface area contributed by atoms with E-state index in [0.717, 1.165) is 12.1 Å². The lowest BCUT2D eigenvalue weighted by atomic mass is 10.1. The summed E-state index contributed by atoms with van der Waals surface area (Å²) in [6.45, 7) is 0.413. The van der Waals surface area contributed by atoms with Gasteiger partial charge in [0.1, 0.15) is 11.4 Å². The largest absolute Gasteiger partial charge is 0.573 e. The molecule has 0 saturated carbocycles. The highest BCUT2D eigenvalue weighted by Crippen LogP contribution is 2.24. The van der Waals surface area contributed by atoms with Gasteiger partial charge in [0.2, 0.25) is 5.78 Å². The predicted octanol–water partition coefficient (Wildman–Crippen LogP) is 2.77. The minimum atomic E-state index is -4.80. The van der Waals surface area contributed by atoms with Gasteiger partial charge in [-0.15, -0.1) is 24.5 Å². The molecule has 4 nitrogen and oxygen atoms in total. The van der Waals surface area contributed by atoms with Crippen molar-refractivity contribution in [3.63, 3.8) is 0 Å². The molecule has 0 bridgehead atoms. The quantitative estimate of drug-likeness (QED) is 0.862. The third-order valence-electron chi connectivity index (χ3n) is 2.47. The minimum absolute atomic E-state index is 0.0846. The van der Waals surface area contributed by atoms with E-state index in [-0.39, 0.29) is 11.3 Å². The van der Waals surface area contributed by atoms with Crippen LogP contribution >= 0.6 is 11.3 Å². The standard InChI is InChI=1S/C13H11F3N2O2S/c14-13(15,16)20-9-3-1-2-8(6-9)12(19)10-7-21-11(18-10)4-5-17/h1-3,6-7H,4-5,17H2. The number of hydrogen-bond donors (Lipinski definition) is 1. The average Bonchev–Trinajstić information content (AvgIpc) is 2.85. The molecule has 2 N–H and O–H groups in total. The molecule has 0 amide bonds. The van der Waals surface area contributed by atoms with E-state index in [4.69, 9.17) is 5.73 Å². The molecule has 0 aliphatic rings. The number of benzene rings is 1. The average molecular weight is 316 g/mol. The molecule has 0 atom stereocenters. The fraction of sp³-hybridized carbons (Fsp3) is 0.231. The predicted molar refractivity (Wildman–Crippen MR) is 71.4 cm³/mol. The van der Waals surface area contributed by atoms with E-state index in [1.807, 2.05) is 0 Å². The molecule has 0 spiro atoms. The van der Waals surface area contributed by atoms with Crippen molar-refractivity contribution < 1.29 is 22.7 Å². The van der Waals surface area contributed by atoms with Gasteiger partial charge in [0.25, 0.3) is 0 Å². The van der Waals surface area contributed by atoms with Crippen LogP contribution in [0.2, 0.25) is 0 Å². The van der Waals surface area contributed by atoms with Crippen molar-refractivity contribution >= 4 is 17.1 Å². The van der Waals surface area contributed by atoms with Gasteiger partial charge >= 0.3 is 6.36 Å². The molecule has 1 aromatic heterocycles. The van der Waals surface area contributed by atoms with E-state index in [1.165, 1.54) is 23.5 Å². The molecule has 8 heteroatoms. The van der Waals surface area contributed by atoms with Gasteiger partial charge in [0, 0.05) is 17.4 Å². The Balaban J connectivity index is 2.20. The van der Waals surface area contributed by atoms with Crippen LogP contribution in [-0.4, -0.2) is 23.7 Å². The number of hydrogen-bond acceptors (Lipinski definition) is 5. The molecule has 2 aromatic rings. The van der Waals surface area contributed by atoms with Gasteiger partial charge in [-0.25, -0.2) is 4.98 Å². The molecule has 21 heavy (non-hydrogen) atoms. The number of alkyl halides is 3. The maximum atomic E-state index is 12.2. The number of carbonyl (C=O) groups is 1. The summed E-state index contributed by atoms with van der Waals surface area (Å²) in [5, 5.41) is 2.27. The molecule has 112 valence electrons. The van der Waals surface area contributed by atoms with Crippen molar-refractivity contribution in [1.29, 1.82) is 0 Å². The highest BCUT2D eigenvalue weighted by atomic mass is 32.1. The van der Waals surface area contributed by atoms with Crippen molar-refractivity contribution in [1.82, 2.24) is 4.98 Å². The zero-order chi connectivity index (χ0) is 15.5. The Bertz CT molecular complexity index is 640. The van der Waals surface area contributed by atoms with Crippen LogP contribution in [0.15, 0.2) is 29.6 Å². The SMILES string of the molecule is NCCc1nc(C(=O)c2cccc(OC(F)(F)F)c2)cs1. The van der Waals surface area contributed by atoms with Crippen LogP contribution in [0.1, 0.15) is 21.1 Å². The van der Waals surface area contributed by atoms with Crippen molar-refractivity contribution in [3.8, 4) is 5.75 Å². The third-order valence-corrected chi connectivity index (χ3v) is 3.38. The zero-order valence-corrected chi connectivity index (χ0v) is 11.5. The van der Waals surface area contributed by atoms with E-state index in [0.29, 0.717) is 18.0 Å². The van der Waals surface area contributed by atoms with Crippen molar-refractivity contribution in [2.24, 2.45) is 5.73 Å². The maximum Gasteiger partial charge on any atom is 0.573 e. The number of carbonyl (C=O) groups excluding carboxylic acids is 1. The highest BCUT2D eigenvalue weighted by Gasteiger charge is 2.31. The molecular weight excluding hydrogens is 305 g/mol. The first-order valence-electron chi connectivity index (χ1n) is 5.94. The summed E-state index contributed by atoms with van der Waals surface area (Å²) in [5.41, 5.74) is 5.67. The van der Waals surface area contributed by atoms with Gasteiger partial charge in [0.15, 0.2) is 0 Å². The summed E-state index contributed by atoms with van der Waals surface area (Å²) in [6, 6.07) is 4.90. The summed E-state index contributed by atoms with van der Waals surface area (Å²) in [7, 11) is 0. The fourth-order valence-electron chi connectivity index (χ4n) is 1.64. The lowest BCUT2D eigenvalue weighted by molar-refractivity contribution is -0.274. The van der Waals surface area contributed by atoms with Crippen LogP contribution in [0.25, 0.3) is 0 Å². The van der Waals surface area contributed by atoms with Crippen LogP contribution in [0.3, 0.4) is 0 Å². The van der Waals surface area contributed by atoms with E-state index < -0.39 is 17.9 Å². The van der Waals surface area contributed by atoms with Crippen LogP contribution in [0.5, 0.6) is 5.75 Å². The molecule has 1 heterocycles. The van der Waals surface area contributed by atoms with Gasteiger partial charge in [-0.1, -0.05) is 12.1 Å². The molecule has 0 saturated heterocycles. The van der Waals surface area contributed by atoms with E-state index in [9.17, 15) is 18.0 Å². The minimum Gasteiger partial charge on any atom is -0.406 e. The van der Waals surface area contributed by atoms with Gasteiger partial charge in [-0.3, -0.25) is 4.79 Å². The van der Waals surface area contributed by atoms with E-state index in [1.54, 1.807) is 5.38 Å².